The normalized spacial score (nSPS) is 15.9. The lowest BCUT2D eigenvalue weighted by atomic mass is 10.1. The van der Waals surface area contributed by atoms with Gasteiger partial charge in [-0.05, 0) is 43.7 Å². The largest absolute Gasteiger partial charge is 0.368 e. The summed E-state index contributed by atoms with van der Waals surface area (Å²) in [5.74, 6) is 0. The molecule has 23 heavy (non-hydrogen) atoms. The van der Waals surface area contributed by atoms with E-state index in [1.165, 1.54) is 16.8 Å². The molecule has 4 heteroatoms. The van der Waals surface area contributed by atoms with Crippen molar-refractivity contribution in [1.82, 2.24) is 5.01 Å². The average Bonchev–Trinajstić information content (AvgIpc) is 2.57. The minimum absolute atomic E-state index is 0.960. The molecule has 120 valence electrons. The van der Waals surface area contributed by atoms with Gasteiger partial charge in [0.2, 0.25) is 0 Å². The fraction of sp³-hybridized carbons (Fsp3) is 0.316. The van der Waals surface area contributed by atoms with Gasteiger partial charge in [-0.3, -0.25) is 5.01 Å². The quantitative estimate of drug-likeness (QED) is 0.748. The molecule has 0 amide bonds. The molecule has 2 aromatic carbocycles. The van der Waals surface area contributed by atoms with E-state index in [0.717, 1.165) is 36.4 Å². The Kier molecular flexibility index (Phi) is 5.01. The van der Waals surface area contributed by atoms with E-state index < -0.39 is 0 Å². The number of rotatable bonds is 3. The molecule has 0 bridgehead atoms. The molecule has 0 aliphatic carbocycles. The number of hydrazone groups is 1. The van der Waals surface area contributed by atoms with Crippen LogP contribution < -0.4 is 4.90 Å². The Morgan fingerprint density at radius 1 is 0.913 bits per heavy atom. The average molecular weight is 372 g/mol. The summed E-state index contributed by atoms with van der Waals surface area (Å²) in [7, 11) is 0. The van der Waals surface area contributed by atoms with Crippen LogP contribution in [0, 0.1) is 6.92 Å². The topological polar surface area (TPSA) is 18.8 Å². The molecule has 3 rings (SSSR count). The number of halogens is 1. The fourth-order valence-corrected chi connectivity index (χ4v) is 3.03. The van der Waals surface area contributed by atoms with Crippen molar-refractivity contribution in [3.05, 3.63) is 64.1 Å². The highest BCUT2D eigenvalue weighted by molar-refractivity contribution is 9.10. The van der Waals surface area contributed by atoms with E-state index in [4.69, 9.17) is 5.10 Å². The van der Waals surface area contributed by atoms with Gasteiger partial charge in [-0.25, -0.2) is 0 Å². The van der Waals surface area contributed by atoms with Crippen molar-refractivity contribution in [3.63, 3.8) is 0 Å². The van der Waals surface area contributed by atoms with Gasteiger partial charge in [0.05, 0.1) is 18.8 Å². The highest BCUT2D eigenvalue weighted by Gasteiger charge is 2.16. The van der Waals surface area contributed by atoms with Crippen molar-refractivity contribution in [3.8, 4) is 0 Å². The van der Waals surface area contributed by atoms with Gasteiger partial charge in [0.1, 0.15) is 0 Å². The molecule has 3 nitrogen and oxygen atoms in total. The van der Waals surface area contributed by atoms with Crippen molar-refractivity contribution in [2.75, 3.05) is 31.1 Å². The predicted octanol–water partition coefficient (Wildman–Crippen LogP) is 4.30. The van der Waals surface area contributed by atoms with Crippen LogP contribution in [0.2, 0.25) is 0 Å². The Morgan fingerprint density at radius 3 is 2.13 bits per heavy atom. The van der Waals surface area contributed by atoms with Gasteiger partial charge in [0.15, 0.2) is 0 Å². The Labute approximate surface area is 146 Å². The molecule has 0 aromatic heterocycles. The maximum absolute atomic E-state index is 4.79. The van der Waals surface area contributed by atoms with Crippen molar-refractivity contribution < 1.29 is 0 Å². The van der Waals surface area contributed by atoms with E-state index in [1.807, 2.05) is 0 Å². The Bertz CT molecular complexity index is 669. The molecule has 1 saturated heterocycles. The van der Waals surface area contributed by atoms with Crippen molar-refractivity contribution >= 4 is 27.3 Å². The summed E-state index contributed by atoms with van der Waals surface area (Å²) in [6.45, 7) is 8.15. The minimum Gasteiger partial charge on any atom is -0.368 e. The SMILES string of the molecule is CC(=NN1CCN(c2ccc(C)cc2)CC1)c1ccc(Br)cc1. The second-order valence-electron chi connectivity index (χ2n) is 5.97. The number of hydrogen-bond acceptors (Lipinski definition) is 3. The molecule has 1 heterocycles. The third-order valence-electron chi connectivity index (χ3n) is 4.21. The lowest BCUT2D eigenvalue weighted by Crippen LogP contribution is -2.44. The molecule has 1 fully saturated rings. The van der Waals surface area contributed by atoms with E-state index in [-0.39, 0.29) is 0 Å². The number of nitrogens with zero attached hydrogens (tertiary/aromatic N) is 3. The monoisotopic (exact) mass is 371 g/mol. The molecule has 0 unspecified atom stereocenters. The first-order chi connectivity index (χ1) is 11.1. The van der Waals surface area contributed by atoms with Crippen LogP contribution in [0.1, 0.15) is 18.1 Å². The number of hydrogen-bond donors (Lipinski definition) is 0. The number of anilines is 1. The van der Waals surface area contributed by atoms with Crippen molar-refractivity contribution in [2.24, 2.45) is 5.10 Å². The summed E-state index contributed by atoms with van der Waals surface area (Å²) in [5, 5.41) is 6.97. The molecular weight excluding hydrogens is 350 g/mol. The summed E-state index contributed by atoms with van der Waals surface area (Å²) in [6, 6.07) is 17.1. The molecule has 0 radical (unpaired) electrons. The first-order valence-electron chi connectivity index (χ1n) is 7.99. The second kappa shape index (κ2) is 7.18. The van der Waals surface area contributed by atoms with Gasteiger partial charge in [0, 0.05) is 23.2 Å². The highest BCUT2D eigenvalue weighted by Crippen LogP contribution is 2.18. The molecule has 0 atom stereocenters. The van der Waals surface area contributed by atoms with Crippen LogP contribution in [0.15, 0.2) is 58.1 Å². The number of benzene rings is 2. The van der Waals surface area contributed by atoms with Crippen LogP contribution in [0.3, 0.4) is 0 Å². The van der Waals surface area contributed by atoms with Crippen molar-refractivity contribution in [1.29, 1.82) is 0 Å². The molecule has 0 spiro atoms. The maximum Gasteiger partial charge on any atom is 0.0646 e. The Hall–Kier alpha value is -1.81. The third kappa shape index (κ3) is 4.14. The van der Waals surface area contributed by atoms with Gasteiger partial charge >= 0.3 is 0 Å². The Morgan fingerprint density at radius 2 is 1.52 bits per heavy atom. The molecule has 2 aromatic rings. The van der Waals surface area contributed by atoms with E-state index in [9.17, 15) is 0 Å². The van der Waals surface area contributed by atoms with E-state index in [0.29, 0.717) is 0 Å². The van der Waals surface area contributed by atoms with Gasteiger partial charge in [-0.2, -0.15) is 5.10 Å². The van der Waals surface area contributed by atoms with Crippen LogP contribution in [0.4, 0.5) is 5.69 Å². The minimum atomic E-state index is 0.960. The van der Waals surface area contributed by atoms with Crippen molar-refractivity contribution in [2.45, 2.75) is 13.8 Å². The third-order valence-corrected chi connectivity index (χ3v) is 4.74. The molecule has 1 aliphatic rings. The number of aryl methyl sites for hydroxylation is 1. The second-order valence-corrected chi connectivity index (χ2v) is 6.88. The number of piperazine rings is 1. The lowest BCUT2D eigenvalue weighted by molar-refractivity contribution is 0.270. The van der Waals surface area contributed by atoms with Crippen LogP contribution in [0.5, 0.6) is 0 Å². The molecule has 0 N–H and O–H groups in total. The van der Waals surface area contributed by atoms with Crippen LogP contribution in [-0.2, 0) is 0 Å². The summed E-state index contributed by atoms with van der Waals surface area (Å²) < 4.78 is 1.10. The van der Waals surface area contributed by atoms with Crippen LogP contribution >= 0.6 is 15.9 Å². The smallest absolute Gasteiger partial charge is 0.0646 e. The zero-order valence-corrected chi connectivity index (χ0v) is 15.3. The summed E-state index contributed by atoms with van der Waals surface area (Å²) >= 11 is 3.47. The van der Waals surface area contributed by atoms with Crippen LogP contribution in [0.25, 0.3) is 0 Å². The van der Waals surface area contributed by atoms with Gasteiger partial charge in [0.25, 0.3) is 0 Å². The Balaban J connectivity index is 1.61. The predicted molar refractivity (Wildman–Crippen MR) is 101 cm³/mol. The molecule has 1 aliphatic heterocycles. The van der Waals surface area contributed by atoms with Gasteiger partial charge in [-0.15, -0.1) is 0 Å². The van der Waals surface area contributed by atoms with E-state index >= 15 is 0 Å². The standard InChI is InChI=1S/C19H22BrN3/c1-15-3-9-19(10-4-15)22-11-13-23(14-12-22)21-16(2)17-5-7-18(20)8-6-17/h3-10H,11-14H2,1-2H3. The van der Waals surface area contributed by atoms with Gasteiger partial charge in [-0.1, -0.05) is 45.8 Å². The molecule has 0 saturated carbocycles. The van der Waals surface area contributed by atoms with E-state index in [2.05, 4.69) is 88.2 Å². The van der Waals surface area contributed by atoms with Crippen LogP contribution in [-0.4, -0.2) is 36.9 Å². The van der Waals surface area contributed by atoms with Gasteiger partial charge < -0.3 is 4.90 Å². The first-order valence-corrected chi connectivity index (χ1v) is 8.79. The fourth-order valence-electron chi connectivity index (χ4n) is 2.77. The highest BCUT2D eigenvalue weighted by atomic mass is 79.9. The zero-order chi connectivity index (χ0) is 16.2. The first kappa shape index (κ1) is 16.1. The summed E-state index contributed by atoms with van der Waals surface area (Å²) in [4.78, 5) is 2.43. The summed E-state index contributed by atoms with van der Waals surface area (Å²) in [5.41, 5.74) is 4.86. The lowest BCUT2D eigenvalue weighted by Gasteiger charge is -2.35. The maximum atomic E-state index is 4.79. The summed E-state index contributed by atoms with van der Waals surface area (Å²) in [6.07, 6.45) is 0. The zero-order valence-electron chi connectivity index (χ0n) is 13.7. The molecular formula is C19H22BrN3. The van der Waals surface area contributed by atoms with E-state index in [1.54, 1.807) is 0 Å².